The predicted molar refractivity (Wildman–Crippen MR) is 65.0 cm³/mol. The summed E-state index contributed by atoms with van der Waals surface area (Å²) in [6.07, 6.45) is 1.71. The molecule has 2 rings (SSSR count). The van der Waals surface area contributed by atoms with Crippen molar-refractivity contribution in [2.75, 3.05) is 5.75 Å². The highest BCUT2D eigenvalue weighted by Crippen LogP contribution is 2.25. The Balaban J connectivity index is 2.43. The molecule has 3 nitrogen and oxygen atoms in total. The van der Waals surface area contributed by atoms with Gasteiger partial charge in [0.15, 0.2) is 0 Å². The van der Waals surface area contributed by atoms with Crippen molar-refractivity contribution in [2.24, 2.45) is 0 Å². The van der Waals surface area contributed by atoms with Crippen molar-refractivity contribution in [3.05, 3.63) is 35.6 Å². The van der Waals surface area contributed by atoms with Crippen LogP contribution in [0, 0.1) is 0 Å². The SMILES string of the molecule is CCSCc1coc2ccc(C(=O)O)cc12. The molecule has 0 bridgehead atoms. The average Bonchev–Trinajstić information content (AvgIpc) is 2.68. The minimum atomic E-state index is -0.905. The van der Waals surface area contributed by atoms with Gasteiger partial charge in [-0.25, -0.2) is 4.79 Å². The predicted octanol–water partition coefficient (Wildman–Crippen LogP) is 3.38. The van der Waals surface area contributed by atoms with E-state index >= 15 is 0 Å². The summed E-state index contributed by atoms with van der Waals surface area (Å²) in [5, 5.41) is 9.82. The molecule has 16 heavy (non-hydrogen) atoms. The van der Waals surface area contributed by atoms with Crippen molar-refractivity contribution in [3.63, 3.8) is 0 Å². The third kappa shape index (κ3) is 2.07. The molecule has 0 saturated heterocycles. The van der Waals surface area contributed by atoms with Gasteiger partial charge in [0.2, 0.25) is 0 Å². The Labute approximate surface area is 97.4 Å². The van der Waals surface area contributed by atoms with Gasteiger partial charge in [0, 0.05) is 16.7 Å². The van der Waals surface area contributed by atoms with E-state index in [0.29, 0.717) is 5.56 Å². The van der Waals surface area contributed by atoms with Crippen molar-refractivity contribution in [1.29, 1.82) is 0 Å². The van der Waals surface area contributed by atoms with Gasteiger partial charge in [-0.15, -0.1) is 0 Å². The van der Waals surface area contributed by atoms with Crippen LogP contribution in [0.5, 0.6) is 0 Å². The van der Waals surface area contributed by atoms with Crippen LogP contribution in [0.1, 0.15) is 22.8 Å². The zero-order valence-corrected chi connectivity index (χ0v) is 9.71. The molecule has 0 spiro atoms. The van der Waals surface area contributed by atoms with Crippen LogP contribution in [0.3, 0.4) is 0 Å². The topological polar surface area (TPSA) is 50.4 Å². The van der Waals surface area contributed by atoms with E-state index in [2.05, 4.69) is 6.92 Å². The average molecular weight is 236 g/mol. The number of rotatable bonds is 4. The van der Waals surface area contributed by atoms with E-state index in [9.17, 15) is 4.79 Å². The minimum absolute atomic E-state index is 0.302. The number of carbonyl (C=O) groups is 1. The molecule has 84 valence electrons. The monoisotopic (exact) mass is 236 g/mol. The Bertz CT molecular complexity index is 516. The lowest BCUT2D eigenvalue weighted by Crippen LogP contribution is -1.95. The number of carboxylic acids is 1. The number of furan rings is 1. The molecule has 4 heteroatoms. The highest BCUT2D eigenvalue weighted by molar-refractivity contribution is 7.98. The molecule has 0 aliphatic carbocycles. The summed E-state index contributed by atoms with van der Waals surface area (Å²) < 4.78 is 5.37. The third-order valence-corrected chi connectivity index (χ3v) is 3.29. The van der Waals surface area contributed by atoms with Gasteiger partial charge in [0.1, 0.15) is 5.58 Å². The van der Waals surface area contributed by atoms with Gasteiger partial charge >= 0.3 is 5.97 Å². The van der Waals surface area contributed by atoms with Gasteiger partial charge in [-0.05, 0) is 24.0 Å². The highest BCUT2D eigenvalue weighted by Gasteiger charge is 2.09. The molecule has 0 aliphatic rings. The van der Waals surface area contributed by atoms with E-state index in [0.717, 1.165) is 28.0 Å². The van der Waals surface area contributed by atoms with Crippen LogP contribution in [0.2, 0.25) is 0 Å². The Morgan fingerprint density at radius 1 is 1.50 bits per heavy atom. The van der Waals surface area contributed by atoms with Crippen LogP contribution in [0.25, 0.3) is 11.0 Å². The van der Waals surface area contributed by atoms with Crippen LogP contribution in [-0.4, -0.2) is 16.8 Å². The largest absolute Gasteiger partial charge is 0.478 e. The quantitative estimate of drug-likeness (QED) is 0.884. The fourth-order valence-corrected chi connectivity index (χ4v) is 2.19. The number of hydrogen-bond donors (Lipinski definition) is 1. The highest BCUT2D eigenvalue weighted by atomic mass is 32.2. The van der Waals surface area contributed by atoms with Crippen LogP contribution >= 0.6 is 11.8 Å². The van der Waals surface area contributed by atoms with Crippen molar-refractivity contribution in [3.8, 4) is 0 Å². The third-order valence-electron chi connectivity index (χ3n) is 2.36. The second-order valence-corrected chi connectivity index (χ2v) is 4.69. The maximum Gasteiger partial charge on any atom is 0.335 e. The first kappa shape index (κ1) is 11.1. The molecule has 2 aromatic rings. The summed E-state index contributed by atoms with van der Waals surface area (Å²) in [4.78, 5) is 10.9. The van der Waals surface area contributed by atoms with Crippen LogP contribution in [-0.2, 0) is 5.75 Å². The molecular formula is C12H12O3S. The van der Waals surface area contributed by atoms with Crippen molar-refractivity contribution in [1.82, 2.24) is 0 Å². The van der Waals surface area contributed by atoms with Gasteiger partial charge in [-0.2, -0.15) is 11.8 Å². The molecule has 0 aliphatic heterocycles. The first-order chi connectivity index (χ1) is 7.72. The van der Waals surface area contributed by atoms with E-state index in [1.165, 1.54) is 0 Å². The first-order valence-corrected chi connectivity index (χ1v) is 6.19. The molecule has 0 saturated carbocycles. The second kappa shape index (κ2) is 4.61. The standard InChI is InChI=1S/C12H12O3S/c1-2-16-7-9-6-15-11-4-3-8(12(13)14)5-10(9)11/h3-6H,2,7H2,1H3,(H,13,14). The van der Waals surface area contributed by atoms with Crippen LogP contribution < -0.4 is 0 Å². The molecule has 1 aromatic carbocycles. The number of aromatic carboxylic acids is 1. The number of fused-ring (bicyclic) bond motifs is 1. The van der Waals surface area contributed by atoms with Crippen molar-refractivity contribution < 1.29 is 14.3 Å². The first-order valence-electron chi connectivity index (χ1n) is 5.03. The summed E-state index contributed by atoms with van der Waals surface area (Å²) in [6, 6.07) is 4.94. The van der Waals surface area contributed by atoms with Crippen LogP contribution in [0.4, 0.5) is 0 Å². The molecule has 0 amide bonds. The number of thioether (sulfide) groups is 1. The molecule has 0 atom stereocenters. The molecule has 0 radical (unpaired) electrons. The van der Waals surface area contributed by atoms with Gasteiger partial charge < -0.3 is 9.52 Å². The molecule has 1 N–H and O–H groups in total. The molecule has 0 unspecified atom stereocenters. The zero-order valence-electron chi connectivity index (χ0n) is 8.90. The van der Waals surface area contributed by atoms with E-state index in [4.69, 9.17) is 9.52 Å². The second-order valence-electron chi connectivity index (χ2n) is 3.41. The molecule has 1 heterocycles. The molecule has 1 aromatic heterocycles. The van der Waals surface area contributed by atoms with Gasteiger partial charge in [-0.3, -0.25) is 0 Å². The number of benzene rings is 1. The van der Waals surface area contributed by atoms with E-state index in [1.54, 1.807) is 36.2 Å². The van der Waals surface area contributed by atoms with Crippen molar-refractivity contribution >= 4 is 28.7 Å². The summed E-state index contributed by atoms with van der Waals surface area (Å²) >= 11 is 1.79. The van der Waals surface area contributed by atoms with Crippen LogP contribution in [0.15, 0.2) is 28.9 Å². The van der Waals surface area contributed by atoms with Crippen molar-refractivity contribution in [2.45, 2.75) is 12.7 Å². The smallest absolute Gasteiger partial charge is 0.335 e. The van der Waals surface area contributed by atoms with Gasteiger partial charge in [-0.1, -0.05) is 6.92 Å². The Morgan fingerprint density at radius 2 is 2.31 bits per heavy atom. The van der Waals surface area contributed by atoms with Gasteiger partial charge in [0.05, 0.1) is 11.8 Å². The lowest BCUT2D eigenvalue weighted by Gasteiger charge is -1.97. The maximum absolute atomic E-state index is 10.9. The lowest BCUT2D eigenvalue weighted by molar-refractivity contribution is 0.0697. The van der Waals surface area contributed by atoms with E-state index in [-0.39, 0.29) is 0 Å². The van der Waals surface area contributed by atoms with Gasteiger partial charge in [0.25, 0.3) is 0 Å². The Kier molecular flexibility index (Phi) is 3.19. The fourth-order valence-electron chi connectivity index (χ4n) is 1.54. The zero-order chi connectivity index (χ0) is 11.5. The summed E-state index contributed by atoms with van der Waals surface area (Å²) in [7, 11) is 0. The summed E-state index contributed by atoms with van der Waals surface area (Å²) in [6.45, 7) is 2.09. The van der Waals surface area contributed by atoms with E-state index < -0.39 is 5.97 Å². The number of carboxylic acid groups (broad SMARTS) is 1. The Hall–Kier alpha value is -1.42. The maximum atomic E-state index is 10.9. The van der Waals surface area contributed by atoms with E-state index in [1.807, 2.05) is 0 Å². The number of hydrogen-bond acceptors (Lipinski definition) is 3. The lowest BCUT2D eigenvalue weighted by atomic mass is 10.1. The normalized spacial score (nSPS) is 10.8. The minimum Gasteiger partial charge on any atom is -0.478 e. The summed E-state index contributed by atoms with van der Waals surface area (Å²) in [5.74, 6) is 0.981. The molecule has 0 fully saturated rings. The fraction of sp³-hybridized carbons (Fsp3) is 0.250. The molecular weight excluding hydrogens is 224 g/mol. The Morgan fingerprint density at radius 3 is 3.00 bits per heavy atom. The summed E-state index contributed by atoms with van der Waals surface area (Å²) in [5.41, 5.74) is 2.11.